The van der Waals surface area contributed by atoms with Gasteiger partial charge in [0, 0.05) is 23.8 Å². The SMILES string of the molecule is C[C@]12CC[C@@H](O)C[C@@H]1CC[C@H]1[C@H]2C(=O)C[C@]2(C)[C@H](C3=CC(=O)OC3)CC[C@]12O. The van der Waals surface area contributed by atoms with E-state index < -0.39 is 11.0 Å². The van der Waals surface area contributed by atoms with Crippen LogP contribution in [0.1, 0.15) is 65.2 Å². The summed E-state index contributed by atoms with van der Waals surface area (Å²) in [5.41, 5.74) is -0.551. The normalized spacial score (nSPS) is 53.1. The highest BCUT2D eigenvalue weighted by Crippen LogP contribution is 2.68. The molecule has 0 amide bonds. The van der Waals surface area contributed by atoms with Crippen molar-refractivity contribution in [2.75, 3.05) is 6.61 Å². The summed E-state index contributed by atoms with van der Waals surface area (Å²) in [6.45, 7) is 4.61. The van der Waals surface area contributed by atoms with Gasteiger partial charge >= 0.3 is 5.97 Å². The van der Waals surface area contributed by atoms with E-state index in [-0.39, 0.29) is 35.2 Å². The second-order valence-electron chi connectivity index (χ2n) is 10.7. The van der Waals surface area contributed by atoms with Crippen LogP contribution < -0.4 is 0 Å². The number of fused-ring (bicyclic) bond motifs is 5. The van der Waals surface area contributed by atoms with E-state index in [0.717, 1.165) is 44.1 Å². The van der Waals surface area contributed by atoms with Crippen molar-refractivity contribution in [3.05, 3.63) is 11.6 Å². The number of aliphatic hydroxyl groups excluding tert-OH is 1. The van der Waals surface area contributed by atoms with Crippen LogP contribution in [-0.4, -0.2) is 40.3 Å². The fraction of sp³-hybridized carbons (Fsp3) is 0.826. The molecule has 0 radical (unpaired) electrons. The average Bonchev–Trinajstić information content (AvgIpc) is 3.16. The highest BCUT2D eigenvalue weighted by Gasteiger charge is 2.70. The minimum atomic E-state index is -0.868. The fourth-order valence-electron chi connectivity index (χ4n) is 8.18. The summed E-state index contributed by atoms with van der Waals surface area (Å²) < 4.78 is 5.14. The van der Waals surface area contributed by atoms with Crippen molar-refractivity contribution in [1.82, 2.24) is 0 Å². The molecule has 0 saturated heterocycles. The van der Waals surface area contributed by atoms with Crippen LogP contribution in [0, 0.1) is 34.5 Å². The van der Waals surface area contributed by atoms with Crippen molar-refractivity contribution in [3.63, 3.8) is 0 Å². The molecule has 5 nitrogen and oxygen atoms in total. The van der Waals surface area contributed by atoms with Crippen molar-refractivity contribution in [3.8, 4) is 0 Å². The summed E-state index contributed by atoms with van der Waals surface area (Å²) in [5, 5.41) is 22.2. The summed E-state index contributed by atoms with van der Waals surface area (Å²) >= 11 is 0. The van der Waals surface area contributed by atoms with Gasteiger partial charge in [0.2, 0.25) is 0 Å². The minimum Gasteiger partial charge on any atom is -0.458 e. The topological polar surface area (TPSA) is 83.8 Å². The lowest BCUT2D eigenvalue weighted by Crippen LogP contribution is -2.65. The Hall–Kier alpha value is -1.20. The third-order valence-corrected chi connectivity index (χ3v) is 9.65. The van der Waals surface area contributed by atoms with Gasteiger partial charge in [0.05, 0.1) is 11.7 Å². The third-order valence-electron chi connectivity index (χ3n) is 9.65. The van der Waals surface area contributed by atoms with Gasteiger partial charge in [-0.2, -0.15) is 0 Å². The Morgan fingerprint density at radius 2 is 1.89 bits per heavy atom. The first-order valence-electron chi connectivity index (χ1n) is 11.0. The zero-order valence-electron chi connectivity index (χ0n) is 16.9. The van der Waals surface area contributed by atoms with Crippen LogP contribution in [0.5, 0.6) is 0 Å². The zero-order chi connectivity index (χ0) is 19.9. The summed E-state index contributed by atoms with van der Waals surface area (Å²) in [4.78, 5) is 25.2. The van der Waals surface area contributed by atoms with Crippen LogP contribution in [0.15, 0.2) is 11.6 Å². The molecule has 0 aromatic rings. The summed E-state index contributed by atoms with van der Waals surface area (Å²) in [6, 6.07) is 0. The standard InChI is InChI=1S/C23H32O5/c1-21-7-5-15(24)10-14(21)3-4-17-20(21)18(25)11-22(2)16(6-8-23(17,22)27)13-9-19(26)28-12-13/h9,14-17,20,24,27H,3-8,10-12H2,1-2H3/t14-,15+,16-,17-,20-,21-,22+,23-/m0/s1. The van der Waals surface area contributed by atoms with Crippen LogP contribution in [0.25, 0.3) is 0 Å². The van der Waals surface area contributed by atoms with Crippen molar-refractivity contribution < 1.29 is 24.5 Å². The van der Waals surface area contributed by atoms with Gasteiger partial charge in [-0.1, -0.05) is 13.8 Å². The second kappa shape index (κ2) is 5.91. The van der Waals surface area contributed by atoms with Crippen LogP contribution in [0.4, 0.5) is 0 Å². The lowest BCUT2D eigenvalue weighted by Gasteiger charge is -2.62. The minimum absolute atomic E-state index is 0.0149. The molecule has 4 saturated carbocycles. The maximum atomic E-state index is 13.6. The van der Waals surface area contributed by atoms with E-state index in [4.69, 9.17) is 4.74 Å². The Morgan fingerprint density at radius 3 is 2.61 bits per heavy atom. The number of aliphatic hydroxyl groups is 2. The Morgan fingerprint density at radius 1 is 1.11 bits per heavy atom. The lowest BCUT2D eigenvalue weighted by molar-refractivity contribution is -0.206. The molecule has 2 N–H and O–H groups in total. The average molecular weight is 389 g/mol. The van der Waals surface area contributed by atoms with Crippen molar-refractivity contribution in [2.45, 2.75) is 76.9 Å². The van der Waals surface area contributed by atoms with Gasteiger partial charge in [0.1, 0.15) is 12.4 Å². The maximum Gasteiger partial charge on any atom is 0.331 e. The van der Waals surface area contributed by atoms with Crippen LogP contribution >= 0.6 is 0 Å². The van der Waals surface area contributed by atoms with Gasteiger partial charge in [-0.05, 0) is 73.7 Å². The molecule has 5 heteroatoms. The summed E-state index contributed by atoms with van der Waals surface area (Å²) in [7, 11) is 0. The van der Waals surface area contributed by atoms with E-state index in [9.17, 15) is 19.8 Å². The van der Waals surface area contributed by atoms with Crippen LogP contribution in [0.3, 0.4) is 0 Å². The lowest BCUT2D eigenvalue weighted by atomic mass is 9.43. The molecule has 4 aliphatic carbocycles. The summed E-state index contributed by atoms with van der Waals surface area (Å²) in [5.74, 6) is 0.272. The monoisotopic (exact) mass is 388 g/mol. The number of ketones is 1. The molecule has 5 aliphatic rings. The number of hydrogen-bond acceptors (Lipinski definition) is 5. The van der Waals surface area contributed by atoms with Gasteiger partial charge in [0.15, 0.2) is 0 Å². The van der Waals surface area contributed by atoms with Gasteiger partial charge in [0.25, 0.3) is 0 Å². The molecule has 0 aromatic heterocycles. The number of carbonyl (C=O) groups excluding carboxylic acids is 2. The smallest absolute Gasteiger partial charge is 0.331 e. The number of cyclic esters (lactones) is 1. The molecule has 28 heavy (non-hydrogen) atoms. The number of rotatable bonds is 1. The summed E-state index contributed by atoms with van der Waals surface area (Å²) in [6.07, 6.45) is 7.48. The van der Waals surface area contributed by atoms with E-state index >= 15 is 0 Å². The Balaban J connectivity index is 1.52. The molecule has 8 atom stereocenters. The molecule has 0 unspecified atom stereocenters. The first-order valence-corrected chi connectivity index (χ1v) is 11.0. The van der Waals surface area contributed by atoms with Gasteiger partial charge in [-0.3, -0.25) is 4.79 Å². The molecule has 0 spiro atoms. The third kappa shape index (κ3) is 2.26. The van der Waals surface area contributed by atoms with E-state index in [1.807, 2.05) is 0 Å². The molecule has 1 heterocycles. The molecule has 154 valence electrons. The van der Waals surface area contributed by atoms with Crippen LogP contribution in [-0.2, 0) is 14.3 Å². The first-order chi connectivity index (χ1) is 13.2. The predicted molar refractivity (Wildman–Crippen MR) is 102 cm³/mol. The predicted octanol–water partition coefficient (Wildman–Crippen LogP) is 2.78. The zero-order valence-corrected chi connectivity index (χ0v) is 16.9. The number of ether oxygens (including phenoxy) is 1. The Kier molecular flexibility index (Phi) is 3.97. The highest BCUT2D eigenvalue weighted by molar-refractivity contribution is 5.86. The van der Waals surface area contributed by atoms with E-state index in [1.54, 1.807) is 6.08 Å². The highest BCUT2D eigenvalue weighted by atomic mass is 16.5. The molecule has 0 aromatic carbocycles. The van der Waals surface area contributed by atoms with E-state index in [2.05, 4.69) is 13.8 Å². The Bertz CT molecular complexity index is 758. The van der Waals surface area contributed by atoms with Gasteiger partial charge in [-0.15, -0.1) is 0 Å². The van der Waals surface area contributed by atoms with Crippen molar-refractivity contribution in [1.29, 1.82) is 0 Å². The Labute approximate surface area is 166 Å². The van der Waals surface area contributed by atoms with Gasteiger partial charge < -0.3 is 14.9 Å². The first kappa shape index (κ1) is 18.8. The largest absolute Gasteiger partial charge is 0.458 e. The fourth-order valence-corrected chi connectivity index (χ4v) is 8.18. The molecule has 0 bridgehead atoms. The molecule has 4 fully saturated rings. The molecule has 1 aliphatic heterocycles. The second-order valence-corrected chi connectivity index (χ2v) is 10.7. The van der Waals surface area contributed by atoms with Crippen LogP contribution in [0.2, 0.25) is 0 Å². The number of Topliss-reactive ketones (excluding diaryl/α,β-unsaturated/α-hetero) is 1. The van der Waals surface area contributed by atoms with E-state index in [1.165, 1.54) is 0 Å². The number of esters is 1. The maximum absolute atomic E-state index is 13.6. The quantitative estimate of drug-likeness (QED) is 0.675. The van der Waals surface area contributed by atoms with Crippen molar-refractivity contribution in [2.24, 2.45) is 34.5 Å². The molecular weight excluding hydrogens is 356 g/mol. The van der Waals surface area contributed by atoms with Gasteiger partial charge in [-0.25, -0.2) is 4.79 Å². The number of carbonyl (C=O) groups is 2. The van der Waals surface area contributed by atoms with E-state index in [0.29, 0.717) is 31.1 Å². The molecular formula is C23H32O5. The van der Waals surface area contributed by atoms with Crippen molar-refractivity contribution >= 4 is 11.8 Å². The molecule has 5 rings (SSSR count). The number of hydrogen-bond donors (Lipinski definition) is 2.